The van der Waals surface area contributed by atoms with E-state index in [4.69, 9.17) is 18.1 Å². The van der Waals surface area contributed by atoms with Crippen LogP contribution in [-0.2, 0) is 0 Å². The average Bonchev–Trinajstić information content (AvgIpc) is 3.02. The Labute approximate surface area is 263 Å². The van der Waals surface area contributed by atoms with Crippen LogP contribution in [0, 0.1) is 41.5 Å². The summed E-state index contributed by atoms with van der Waals surface area (Å²) >= 11 is 0. The van der Waals surface area contributed by atoms with E-state index in [0.717, 1.165) is 67.2 Å². The van der Waals surface area contributed by atoms with E-state index in [-0.39, 0.29) is 18.1 Å². The molecule has 0 amide bonds. The van der Waals surface area contributed by atoms with Crippen molar-refractivity contribution in [2.24, 2.45) is 0 Å². The second-order valence-corrected chi connectivity index (χ2v) is 12.4. The number of aryl methyl sites for hydroxylation is 4. The SMILES string of the molecule is Cc1cc(C)c(OPOc2ccc3ccccc3c2)c(-c2c(C)c(C)cc(C)c2OPOc2ccc3ccccc3c2)c1C. The molecule has 0 fully saturated rings. The molecule has 0 spiro atoms. The molecule has 6 heteroatoms. The van der Waals surface area contributed by atoms with Gasteiger partial charge in [0.2, 0.25) is 0 Å². The Morgan fingerprint density at radius 1 is 0.386 bits per heavy atom. The van der Waals surface area contributed by atoms with Crippen LogP contribution in [0.2, 0.25) is 0 Å². The molecule has 0 aliphatic carbocycles. The number of hydrogen-bond donors (Lipinski definition) is 0. The molecule has 222 valence electrons. The second kappa shape index (κ2) is 12.9. The van der Waals surface area contributed by atoms with Crippen LogP contribution in [0.3, 0.4) is 0 Å². The molecule has 6 aromatic carbocycles. The predicted octanol–water partition coefficient (Wildman–Crippen LogP) is 11.4. The van der Waals surface area contributed by atoms with Crippen LogP contribution in [0.15, 0.2) is 97.1 Å². The average molecular weight is 619 g/mol. The van der Waals surface area contributed by atoms with Crippen molar-refractivity contribution in [1.82, 2.24) is 0 Å². The zero-order valence-electron chi connectivity index (χ0n) is 25.9. The Balaban J connectivity index is 1.31. The van der Waals surface area contributed by atoms with Crippen molar-refractivity contribution in [3.63, 3.8) is 0 Å². The third-order valence-corrected chi connectivity index (χ3v) is 9.48. The maximum Gasteiger partial charge on any atom is 0.275 e. The van der Waals surface area contributed by atoms with Crippen LogP contribution in [0.25, 0.3) is 32.7 Å². The molecule has 0 saturated heterocycles. The fourth-order valence-electron chi connectivity index (χ4n) is 5.67. The topological polar surface area (TPSA) is 36.9 Å². The molecule has 2 atom stereocenters. The molecular weight excluding hydrogens is 582 g/mol. The van der Waals surface area contributed by atoms with Gasteiger partial charge in [0.1, 0.15) is 23.0 Å². The second-order valence-electron chi connectivity index (χ2n) is 11.3. The van der Waals surface area contributed by atoms with E-state index in [1.807, 2.05) is 36.4 Å². The Bertz CT molecular complexity index is 1860. The smallest absolute Gasteiger partial charge is 0.275 e. The van der Waals surface area contributed by atoms with Gasteiger partial charge in [0.05, 0.1) is 0 Å². The maximum absolute atomic E-state index is 6.50. The van der Waals surface area contributed by atoms with Crippen LogP contribution in [0.1, 0.15) is 33.4 Å². The van der Waals surface area contributed by atoms with Gasteiger partial charge in [0.15, 0.2) is 0 Å². The number of hydrogen-bond acceptors (Lipinski definition) is 4. The molecule has 0 radical (unpaired) electrons. The van der Waals surface area contributed by atoms with Crippen LogP contribution < -0.4 is 18.1 Å². The first-order valence-electron chi connectivity index (χ1n) is 14.7. The van der Waals surface area contributed by atoms with Crippen LogP contribution >= 0.6 is 18.1 Å². The highest BCUT2D eigenvalue weighted by molar-refractivity contribution is 7.27. The highest BCUT2D eigenvalue weighted by Crippen LogP contribution is 2.48. The Kier molecular flexibility index (Phi) is 8.76. The Hall–Kier alpha value is -4.10. The molecule has 0 bridgehead atoms. The summed E-state index contributed by atoms with van der Waals surface area (Å²) in [6.45, 7) is 12.8. The predicted molar refractivity (Wildman–Crippen MR) is 187 cm³/mol. The molecule has 2 unspecified atom stereocenters. The largest absolute Gasteiger partial charge is 0.441 e. The van der Waals surface area contributed by atoms with Crippen LogP contribution in [0.5, 0.6) is 23.0 Å². The van der Waals surface area contributed by atoms with E-state index in [2.05, 4.69) is 102 Å². The van der Waals surface area contributed by atoms with Gasteiger partial charge in [-0.15, -0.1) is 0 Å². The molecule has 44 heavy (non-hydrogen) atoms. The monoisotopic (exact) mass is 618 g/mol. The maximum atomic E-state index is 6.50. The van der Waals surface area contributed by atoms with E-state index in [0.29, 0.717) is 0 Å². The standard InChI is InChI=1S/C38H36O4P2/c1-23-19-25(3)37(41-43-39-33-17-15-29-11-7-9-13-31(29)21-33)35(27(23)5)36-28(6)24(2)20-26(4)38(36)42-44-40-34-18-16-30-12-8-10-14-32(30)22-34/h7-22,43-44H,1-6H3. The van der Waals surface area contributed by atoms with Gasteiger partial charge in [-0.05, 0) is 121 Å². The molecule has 0 aromatic heterocycles. The third-order valence-electron chi connectivity index (χ3n) is 8.27. The summed E-state index contributed by atoms with van der Waals surface area (Å²) in [6, 6.07) is 33.1. The van der Waals surface area contributed by atoms with Gasteiger partial charge in [-0.1, -0.05) is 72.8 Å². The normalized spacial score (nSPS) is 11.7. The van der Waals surface area contributed by atoms with Gasteiger partial charge in [-0.25, -0.2) is 0 Å². The lowest BCUT2D eigenvalue weighted by molar-refractivity contribution is 0.509. The van der Waals surface area contributed by atoms with Crippen molar-refractivity contribution in [3.8, 4) is 34.1 Å². The summed E-state index contributed by atoms with van der Waals surface area (Å²) in [5.41, 5.74) is 8.87. The summed E-state index contributed by atoms with van der Waals surface area (Å²) in [6.07, 6.45) is 0. The van der Waals surface area contributed by atoms with Crippen molar-refractivity contribution in [1.29, 1.82) is 0 Å². The quantitative estimate of drug-likeness (QED) is 0.151. The van der Waals surface area contributed by atoms with Crippen molar-refractivity contribution < 1.29 is 18.1 Å². The minimum absolute atomic E-state index is 0.213. The molecule has 0 N–H and O–H groups in total. The lowest BCUT2D eigenvalue weighted by atomic mass is 9.87. The van der Waals surface area contributed by atoms with Gasteiger partial charge in [-0.3, -0.25) is 0 Å². The van der Waals surface area contributed by atoms with Crippen molar-refractivity contribution in [2.75, 3.05) is 0 Å². The van der Waals surface area contributed by atoms with E-state index in [1.54, 1.807) is 0 Å². The third kappa shape index (κ3) is 6.11. The van der Waals surface area contributed by atoms with Gasteiger partial charge in [0.25, 0.3) is 18.1 Å². The van der Waals surface area contributed by atoms with Gasteiger partial charge < -0.3 is 18.1 Å². The summed E-state index contributed by atoms with van der Waals surface area (Å²) in [4.78, 5) is 0. The van der Waals surface area contributed by atoms with Crippen LogP contribution in [-0.4, -0.2) is 0 Å². The van der Waals surface area contributed by atoms with E-state index >= 15 is 0 Å². The fraction of sp³-hybridized carbons (Fsp3) is 0.158. The molecule has 0 heterocycles. The first-order chi connectivity index (χ1) is 21.3. The highest BCUT2D eigenvalue weighted by atomic mass is 31.1. The molecule has 0 aliphatic heterocycles. The molecular formula is C38H36O4P2. The molecule has 0 saturated carbocycles. The van der Waals surface area contributed by atoms with Gasteiger partial charge in [-0.2, -0.15) is 0 Å². The van der Waals surface area contributed by atoms with Crippen molar-refractivity contribution in [3.05, 3.63) is 130 Å². The Morgan fingerprint density at radius 3 is 1.18 bits per heavy atom. The molecule has 6 aromatic rings. The van der Waals surface area contributed by atoms with Crippen molar-refractivity contribution >= 4 is 39.6 Å². The molecule has 4 nitrogen and oxygen atoms in total. The first kappa shape index (κ1) is 29.9. The number of benzene rings is 6. The zero-order valence-corrected chi connectivity index (χ0v) is 27.9. The minimum Gasteiger partial charge on any atom is -0.441 e. The fourth-order valence-corrected chi connectivity index (χ4v) is 6.90. The lowest BCUT2D eigenvalue weighted by Crippen LogP contribution is -2.02. The lowest BCUT2D eigenvalue weighted by Gasteiger charge is -2.24. The van der Waals surface area contributed by atoms with Crippen molar-refractivity contribution in [2.45, 2.75) is 41.5 Å². The highest BCUT2D eigenvalue weighted by Gasteiger charge is 2.24. The van der Waals surface area contributed by atoms with E-state index < -0.39 is 0 Å². The molecule has 0 aliphatic rings. The summed E-state index contributed by atoms with van der Waals surface area (Å²) in [7, 11) is -0.426. The van der Waals surface area contributed by atoms with E-state index in [1.165, 1.54) is 21.9 Å². The Morgan fingerprint density at radius 2 is 0.773 bits per heavy atom. The summed E-state index contributed by atoms with van der Waals surface area (Å²) in [5.74, 6) is 3.18. The van der Waals surface area contributed by atoms with Gasteiger partial charge in [0, 0.05) is 11.1 Å². The van der Waals surface area contributed by atoms with Gasteiger partial charge >= 0.3 is 0 Å². The van der Waals surface area contributed by atoms with Crippen LogP contribution in [0.4, 0.5) is 0 Å². The molecule has 6 rings (SSSR count). The number of rotatable bonds is 9. The summed E-state index contributed by atoms with van der Waals surface area (Å²) < 4.78 is 25.3. The first-order valence-corrected chi connectivity index (χ1v) is 16.3. The minimum atomic E-state index is -0.213. The number of fused-ring (bicyclic) bond motifs is 2. The zero-order chi connectivity index (χ0) is 30.8. The van der Waals surface area contributed by atoms with E-state index in [9.17, 15) is 0 Å². The summed E-state index contributed by atoms with van der Waals surface area (Å²) in [5, 5.41) is 4.63.